The summed E-state index contributed by atoms with van der Waals surface area (Å²) in [6.07, 6.45) is 3.60. The Labute approximate surface area is 205 Å². The minimum atomic E-state index is -0.0918. The van der Waals surface area contributed by atoms with Crippen LogP contribution in [0, 0.1) is 5.41 Å². The summed E-state index contributed by atoms with van der Waals surface area (Å²) < 4.78 is 12.4. The molecule has 178 valence electrons. The van der Waals surface area contributed by atoms with Crippen molar-refractivity contribution in [1.29, 1.82) is 0 Å². The van der Waals surface area contributed by atoms with Crippen molar-refractivity contribution in [1.82, 2.24) is 9.88 Å². The molecule has 1 N–H and O–H groups in total. The monoisotopic (exact) mass is 479 g/mol. The zero-order chi connectivity index (χ0) is 24.0. The number of carbonyl (C=O) groups excluding carboxylic acids is 1. The number of hydrogen-bond donors (Lipinski definition) is 1. The molecule has 0 aliphatic carbocycles. The van der Waals surface area contributed by atoms with Gasteiger partial charge in [-0.05, 0) is 61.2 Å². The minimum Gasteiger partial charge on any atom is -0.489 e. The van der Waals surface area contributed by atoms with Gasteiger partial charge in [-0.15, -0.1) is 0 Å². The molecule has 3 aromatic rings. The first-order valence-electron chi connectivity index (χ1n) is 11.5. The van der Waals surface area contributed by atoms with Crippen molar-refractivity contribution in [3.8, 4) is 17.4 Å². The number of pyridine rings is 1. The van der Waals surface area contributed by atoms with E-state index < -0.39 is 0 Å². The van der Waals surface area contributed by atoms with Gasteiger partial charge in [-0.25, -0.2) is 4.98 Å². The summed E-state index contributed by atoms with van der Waals surface area (Å²) in [7, 11) is 0. The average molecular weight is 480 g/mol. The number of carbonyl (C=O) groups is 1. The number of nitrogens with one attached hydrogen (secondary N) is 1. The largest absolute Gasteiger partial charge is 0.489 e. The van der Waals surface area contributed by atoms with E-state index in [0.717, 1.165) is 24.9 Å². The van der Waals surface area contributed by atoms with Crippen LogP contribution in [-0.2, 0) is 11.3 Å². The van der Waals surface area contributed by atoms with Crippen LogP contribution in [0.1, 0.15) is 32.3 Å². The molecule has 6 nitrogen and oxygen atoms in total. The third kappa shape index (κ3) is 6.72. The van der Waals surface area contributed by atoms with Gasteiger partial charge in [-0.1, -0.05) is 49.7 Å². The maximum atomic E-state index is 12.9. The number of para-hydroxylation sites is 2. The van der Waals surface area contributed by atoms with Gasteiger partial charge < -0.3 is 14.8 Å². The first kappa shape index (κ1) is 24.0. The molecule has 0 unspecified atom stereocenters. The van der Waals surface area contributed by atoms with Crippen molar-refractivity contribution in [2.45, 2.75) is 33.2 Å². The fourth-order valence-electron chi connectivity index (χ4n) is 3.95. The molecule has 0 saturated carbocycles. The Bertz CT molecular complexity index is 1140. The molecule has 4 rings (SSSR count). The van der Waals surface area contributed by atoms with E-state index in [0.29, 0.717) is 41.2 Å². The topological polar surface area (TPSA) is 63.7 Å². The zero-order valence-electron chi connectivity index (χ0n) is 19.6. The second-order valence-corrected chi connectivity index (χ2v) is 9.78. The number of anilines is 1. The van der Waals surface area contributed by atoms with Crippen LogP contribution in [0.4, 0.5) is 5.69 Å². The maximum absolute atomic E-state index is 12.9. The molecule has 1 aromatic heterocycles. The average Bonchev–Trinajstić information content (AvgIpc) is 2.80. The molecule has 34 heavy (non-hydrogen) atoms. The fourth-order valence-corrected chi connectivity index (χ4v) is 4.14. The van der Waals surface area contributed by atoms with Crippen molar-refractivity contribution in [3.05, 3.63) is 77.4 Å². The molecule has 2 heterocycles. The summed E-state index contributed by atoms with van der Waals surface area (Å²) in [5.41, 5.74) is 1.57. The van der Waals surface area contributed by atoms with E-state index in [1.807, 2.05) is 48.5 Å². The maximum Gasteiger partial charge on any atom is 0.238 e. The lowest BCUT2D eigenvalue weighted by Crippen LogP contribution is -2.34. The lowest BCUT2D eigenvalue weighted by molar-refractivity contribution is -0.117. The van der Waals surface area contributed by atoms with Gasteiger partial charge in [0, 0.05) is 29.0 Å². The third-order valence-electron chi connectivity index (χ3n) is 5.72. The number of nitrogens with zero attached hydrogens (tertiary/aromatic N) is 2. The van der Waals surface area contributed by atoms with Crippen molar-refractivity contribution in [3.63, 3.8) is 0 Å². The minimum absolute atomic E-state index is 0.0268. The second kappa shape index (κ2) is 10.9. The molecule has 1 amide bonds. The predicted octanol–water partition coefficient (Wildman–Crippen LogP) is 6.17. The molecule has 0 fully saturated rings. The molecule has 1 aliphatic heterocycles. The Hall–Kier alpha value is -3.09. The van der Waals surface area contributed by atoms with Gasteiger partial charge in [-0.2, -0.15) is 0 Å². The number of benzene rings is 2. The second-order valence-electron chi connectivity index (χ2n) is 9.34. The van der Waals surface area contributed by atoms with Crippen molar-refractivity contribution < 1.29 is 14.3 Å². The van der Waals surface area contributed by atoms with Crippen molar-refractivity contribution in [2.24, 2.45) is 5.41 Å². The summed E-state index contributed by atoms with van der Waals surface area (Å²) >= 11 is 6.06. The lowest BCUT2D eigenvalue weighted by atomic mass is 9.88. The molecule has 0 radical (unpaired) electrons. The Morgan fingerprint density at radius 2 is 1.94 bits per heavy atom. The molecule has 0 saturated heterocycles. The van der Waals surface area contributed by atoms with Crippen LogP contribution in [-0.4, -0.2) is 35.5 Å². The summed E-state index contributed by atoms with van der Waals surface area (Å²) in [6.45, 7) is 6.50. The highest BCUT2D eigenvalue weighted by Gasteiger charge is 2.23. The van der Waals surface area contributed by atoms with E-state index in [9.17, 15) is 4.79 Å². The fraction of sp³-hybridized carbons (Fsp3) is 0.333. The standard InChI is InChI=1S/C27H30ClN3O3/c1-27(2)13-7-15-31(18-25(32)30-22-10-5-9-21(28)16-22)17-20-8-6-14-29-26(20)34-24-12-4-3-11-23(24)33-19-27/h3-6,8-12,14,16H,7,13,15,17-19H2,1-2H3,(H,30,32). The van der Waals surface area contributed by atoms with Gasteiger partial charge in [0.15, 0.2) is 11.5 Å². The third-order valence-corrected chi connectivity index (χ3v) is 5.96. The van der Waals surface area contributed by atoms with Gasteiger partial charge in [0.2, 0.25) is 11.8 Å². The SMILES string of the molecule is CC1(C)CCCN(CC(=O)Nc2cccc(Cl)c2)Cc2cccnc2Oc2ccccc2OC1. The summed E-state index contributed by atoms with van der Waals surface area (Å²) in [5.74, 6) is 1.75. The number of amides is 1. The number of halogens is 1. The molecular weight excluding hydrogens is 450 g/mol. The van der Waals surface area contributed by atoms with Crippen LogP contribution >= 0.6 is 11.6 Å². The van der Waals surface area contributed by atoms with Crippen LogP contribution < -0.4 is 14.8 Å². The molecular formula is C27H30ClN3O3. The van der Waals surface area contributed by atoms with E-state index in [-0.39, 0.29) is 17.9 Å². The van der Waals surface area contributed by atoms with Gasteiger partial charge >= 0.3 is 0 Å². The van der Waals surface area contributed by atoms with Gasteiger partial charge in [0.05, 0.1) is 13.2 Å². The number of rotatable bonds is 3. The van der Waals surface area contributed by atoms with Crippen LogP contribution in [0.5, 0.6) is 17.4 Å². The summed E-state index contributed by atoms with van der Waals surface area (Å²) in [4.78, 5) is 19.5. The van der Waals surface area contributed by atoms with E-state index in [1.165, 1.54) is 0 Å². The highest BCUT2D eigenvalue weighted by Crippen LogP contribution is 2.34. The zero-order valence-corrected chi connectivity index (χ0v) is 20.3. The van der Waals surface area contributed by atoms with Crippen molar-refractivity contribution in [2.75, 3.05) is 25.0 Å². The van der Waals surface area contributed by atoms with Crippen LogP contribution in [0.15, 0.2) is 66.9 Å². The summed E-state index contributed by atoms with van der Waals surface area (Å²) in [6, 6.07) is 18.7. The van der Waals surface area contributed by atoms with Gasteiger partial charge in [-0.3, -0.25) is 9.69 Å². The number of fused-ring (bicyclic) bond motifs is 2. The Morgan fingerprint density at radius 1 is 1.12 bits per heavy atom. The molecule has 0 spiro atoms. The number of hydrogen-bond acceptors (Lipinski definition) is 5. The molecule has 1 aliphatic rings. The lowest BCUT2D eigenvalue weighted by Gasteiger charge is -2.27. The molecule has 7 heteroatoms. The quantitative estimate of drug-likeness (QED) is 0.487. The summed E-state index contributed by atoms with van der Waals surface area (Å²) in [5, 5.41) is 3.53. The normalized spacial score (nSPS) is 16.3. The Kier molecular flexibility index (Phi) is 7.70. The highest BCUT2D eigenvalue weighted by molar-refractivity contribution is 6.30. The van der Waals surface area contributed by atoms with Gasteiger partial charge in [0.1, 0.15) is 0 Å². The molecule has 0 bridgehead atoms. The number of ether oxygens (including phenoxy) is 2. The van der Waals surface area contributed by atoms with E-state index in [4.69, 9.17) is 21.1 Å². The molecule has 0 atom stereocenters. The van der Waals surface area contributed by atoms with E-state index in [2.05, 4.69) is 29.0 Å². The van der Waals surface area contributed by atoms with E-state index in [1.54, 1.807) is 18.3 Å². The van der Waals surface area contributed by atoms with Crippen LogP contribution in [0.3, 0.4) is 0 Å². The predicted molar refractivity (Wildman–Crippen MR) is 135 cm³/mol. The number of aromatic nitrogens is 1. The van der Waals surface area contributed by atoms with Crippen LogP contribution in [0.25, 0.3) is 0 Å². The molecule has 2 aromatic carbocycles. The Balaban J connectivity index is 1.57. The van der Waals surface area contributed by atoms with Gasteiger partial charge in [0.25, 0.3) is 0 Å². The van der Waals surface area contributed by atoms with Crippen LogP contribution in [0.2, 0.25) is 5.02 Å². The highest BCUT2D eigenvalue weighted by atomic mass is 35.5. The smallest absolute Gasteiger partial charge is 0.238 e. The van der Waals surface area contributed by atoms with E-state index >= 15 is 0 Å². The van der Waals surface area contributed by atoms with Crippen molar-refractivity contribution >= 4 is 23.2 Å². The first-order valence-corrected chi connectivity index (χ1v) is 11.9. The Morgan fingerprint density at radius 3 is 2.76 bits per heavy atom. The first-order chi connectivity index (χ1) is 16.4.